The lowest BCUT2D eigenvalue weighted by Crippen LogP contribution is -2.35. The van der Waals surface area contributed by atoms with Gasteiger partial charge < -0.3 is 15.7 Å². The van der Waals surface area contributed by atoms with Crippen molar-refractivity contribution in [2.75, 3.05) is 25.4 Å². The summed E-state index contributed by atoms with van der Waals surface area (Å²) >= 11 is 0. The lowest BCUT2D eigenvalue weighted by Gasteiger charge is -2.21. The summed E-state index contributed by atoms with van der Waals surface area (Å²) in [5.74, 6) is -0.217. The zero-order chi connectivity index (χ0) is 12.7. The smallest absolute Gasteiger partial charge is 0.274 e. The number of nitrogens with zero attached hydrogens (tertiary/aromatic N) is 2. The molecule has 3 N–H and O–H groups in total. The van der Waals surface area contributed by atoms with Gasteiger partial charge in [0, 0.05) is 19.3 Å². The van der Waals surface area contributed by atoms with Gasteiger partial charge in [0.1, 0.15) is 0 Å². The summed E-state index contributed by atoms with van der Waals surface area (Å²) in [5.41, 5.74) is 6.34. The van der Waals surface area contributed by atoms with Crippen LogP contribution in [0.4, 0.5) is 5.69 Å². The van der Waals surface area contributed by atoms with Crippen molar-refractivity contribution in [2.45, 2.75) is 19.8 Å². The van der Waals surface area contributed by atoms with Gasteiger partial charge in [0.15, 0.2) is 5.69 Å². The molecule has 0 aliphatic rings. The van der Waals surface area contributed by atoms with Gasteiger partial charge in [0.2, 0.25) is 0 Å². The predicted octanol–water partition coefficient (Wildman–Crippen LogP) is 0.898. The molecule has 0 unspecified atom stereocenters. The number of nitrogen functional groups attached to an aromatic ring is 1. The first-order valence-corrected chi connectivity index (χ1v) is 5.81. The highest BCUT2D eigenvalue weighted by Crippen LogP contribution is 2.11. The van der Waals surface area contributed by atoms with Gasteiger partial charge in [-0.25, -0.2) is 4.98 Å². The number of unbranched alkanes of at least 4 members (excludes halogenated alkanes) is 1. The Hall–Kier alpha value is -1.62. The van der Waals surface area contributed by atoms with Crippen molar-refractivity contribution in [3.05, 3.63) is 24.0 Å². The van der Waals surface area contributed by atoms with E-state index in [0.29, 0.717) is 18.8 Å². The number of aromatic nitrogens is 1. The molecule has 1 heterocycles. The number of hydrogen-bond acceptors (Lipinski definition) is 4. The third kappa shape index (κ3) is 3.71. The molecule has 5 nitrogen and oxygen atoms in total. The van der Waals surface area contributed by atoms with Crippen LogP contribution in [0.1, 0.15) is 30.3 Å². The summed E-state index contributed by atoms with van der Waals surface area (Å²) in [5, 5.41) is 8.96. The average Bonchev–Trinajstić information content (AvgIpc) is 2.34. The van der Waals surface area contributed by atoms with Crippen LogP contribution in [0.2, 0.25) is 0 Å². The minimum Gasteiger partial charge on any atom is -0.397 e. The second-order valence-electron chi connectivity index (χ2n) is 3.81. The molecule has 0 saturated heterocycles. The lowest BCUT2D eigenvalue weighted by molar-refractivity contribution is 0.0714. The van der Waals surface area contributed by atoms with Gasteiger partial charge >= 0.3 is 0 Å². The first-order valence-electron chi connectivity index (χ1n) is 5.81. The summed E-state index contributed by atoms with van der Waals surface area (Å²) in [7, 11) is 0. The second kappa shape index (κ2) is 6.85. The number of pyridine rings is 1. The molecule has 17 heavy (non-hydrogen) atoms. The SMILES string of the molecule is CCCCN(CCO)C(=O)c1ncccc1N. The molecule has 1 aromatic rings. The molecule has 0 spiro atoms. The molecule has 5 heteroatoms. The van der Waals surface area contributed by atoms with Crippen LogP contribution < -0.4 is 5.73 Å². The van der Waals surface area contributed by atoms with Crippen molar-refractivity contribution in [3.63, 3.8) is 0 Å². The zero-order valence-corrected chi connectivity index (χ0v) is 10.1. The first-order chi connectivity index (χ1) is 8.20. The Morgan fingerprint density at radius 2 is 2.29 bits per heavy atom. The molecule has 1 aromatic heterocycles. The Morgan fingerprint density at radius 3 is 2.88 bits per heavy atom. The number of anilines is 1. The maximum absolute atomic E-state index is 12.1. The fourth-order valence-corrected chi connectivity index (χ4v) is 1.53. The number of nitrogens with two attached hydrogens (primary N) is 1. The van der Waals surface area contributed by atoms with E-state index in [4.69, 9.17) is 10.8 Å². The molecule has 0 fully saturated rings. The van der Waals surface area contributed by atoms with E-state index in [1.54, 1.807) is 23.2 Å². The second-order valence-corrected chi connectivity index (χ2v) is 3.81. The van der Waals surface area contributed by atoms with Crippen molar-refractivity contribution < 1.29 is 9.90 Å². The molecule has 0 aromatic carbocycles. The van der Waals surface area contributed by atoms with E-state index in [9.17, 15) is 4.79 Å². The van der Waals surface area contributed by atoms with Crippen molar-refractivity contribution >= 4 is 11.6 Å². The van der Waals surface area contributed by atoms with Crippen LogP contribution >= 0.6 is 0 Å². The van der Waals surface area contributed by atoms with Gasteiger partial charge in [-0.05, 0) is 18.6 Å². The molecule has 0 atom stereocenters. The Labute approximate surface area is 101 Å². The minimum atomic E-state index is -0.217. The van der Waals surface area contributed by atoms with Gasteiger partial charge in [-0.15, -0.1) is 0 Å². The predicted molar refractivity (Wildman–Crippen MR) is 66.5 cm³/mol. The van der Waals surface area contributed by atoms with E-state index in [0.717, 1.165) is 12.8 Å². The highest BCUT2D eigenvalue weighted by Gasteiger charge is 2.18. The minimum absolute atomic E-state index is 0.0534. The number of hydrogen-bond donors (Lipinski definition) is 2. The molecule has 1 rings (SSSR count). The van der Waals surface area contributed by atoms with Crippen LogP contribution in [0.5, 0.6) is 0 Å². The van der Waals surface area contributed by atoms with Gasteiger partial charge in [0.05, 0.1) is 12.3 Å². The number of aliphatic hydroxyl groups is 1. The van der Waals surface area contributed by atoms with E-state index in [2.05, 4.69) is 11.9 Å². The van der Waals surface area contributed by atoms with Crippen LogP contribution in [-0.4, -0.2) is 40.6 Å². The Bertz CT molecular complexity index is 369. The number of rotatable bonds is 6. The summed E-state index contributed by atoms with van der Waals surface area (Å²) in [4.78, 5) is 17.7. The molecule has 0 radical (unpaired) electrons. The van der Waals surface area contributed by atoms with E-state index in [-0.39, 0.29) is 18.2 Å². The fourth-order valence-electron chi connectivity index (χ4n) is 1.53. The highest BCUT2D eigenvalue weighted by molar-refractivity contribution is 5.97. The summed E-state index contributed by atoms with van der Waals surface area (Å²) in [6, 6.07) is 3.34. The van der Waals surface area contributed by atoms with E-state index in [1.807, 2.05) is 0 Å². The van der Waals surface area contributed by atoms with Gasteiger partial charge in [-0.3, -0.25) is 4.79 Å². The molecular formula is C12H19N3O2. The molecule has 0 saturated carbocycles. The zero-order valence-electron chi connectivity index (χ0n) is 10.1. The normalized spacial score (nSPS) is 10.2. The molecular weight excluding hydrogens is 218 g/mol. The summed E-state index contributed by atoms with van der Waals surface area (Å²) < 4.78 is 0. The standard InChI is InChI=1S/C12H19N3O2/c1-2-3-7-15(8-9-16)12(17)11-10(13)5-4-6-14-11/h4-6,16H,2-3,7-9,13H2,1H3. The van der Waals surface area contributed by atoms with Crippen LogP contribution in [0.3, 0.4) is 0 Å². The summed E-state index contributed by atoms with van der Waals surface area (Å²) in [6.07, 6.45) is 3.44. The molecule has 0 bridgehead atoms. The highest BCUT2D eigenvalue weighted by atomic mass is 16.3. The third-order valence-electron chi connectivity index (χ3n) is 2.48. The van der Waals surface area contributed by atoms with Crippen molar-refractivity contribution in [2.24, 2.45) is 0 Å². The number of aliphatic hydroxyl groups excluding tert-OH is 1. The van der Waals surface area contributed by atoms with Crippen LogP contribution in [0.25, 0.3) is 0 Å². The molecule has 0 aliphatic carbocycles. The fraction of sp³-hybridized carbons (Fsp3) is 0.500. The number of carbonyl (C=O) groups excluding carboxylic acids is 1. The van der Waals surface area contributed by atoms with Crippen molar-refractivity contribution in [1.29, 1.82) is 0 Å². The molecule has 1 amide bonds. The lowest BCUT2D eigenvalue weighted by atomic mass is 10.2. The molecule has 94 valence electrons. The van der Waals surface area contributed by atoms with E-state index in [1.165, 1.54) is 0 Å². The monoisotopic (exact) mass is 237 g/mol. The maximum atomic E-state index is 12.1. The Balaban J connectivity index is 2.80. The Morgan fingerprint density at radius 1 is 1.53 bits per heavy atom. The van der Waals surface area contributed by atoms with E-state index < -0.39 is 0 Å². The van der Waals surface area contributed by atoms with Crippen molar-refractivity contribution in [3.8, 4) is 0 Å². The average molecular weight is 237 g/mol. The van der Waals surface area contributed by atoms with Gasteiger partial charge in [-0.1, -0.05) is 13.3 Å². The van der Waals surface area contributed by atoms with Crippen LogP contribution in [-0.2, 0) is 0 Å². The van der Waals surface area contributed by atoms with E-state index >= 15 is 0 Å². The Kier molecular flexibility index (Phi) is 5.42. The topological polar surface area (TPSA) is 79.5 Å². The van der Waals surface area contributed by atoms with Crippen molar-refractivity contribution in [1.82, 2.24) is 9.88 Å². The maximum Gasteiger partial charge on any atom is 0.274 e. The largest absolute Gasteiger partial charge is 0.397 e. The number of carbonyl (C=O) groups is 1. The third-order valence-corrected chi connectivity index (χ3v) is 2.48. The van der Waals surface area contributed by atoms with Crippen LogP contribution in [0, 0.1) is 0 Å². The summed E-state index contributed by atoms with van der Waals surface area (Å²) in [6.45, 7) is 2.93. The van der Waals surface area contributed by atoms with Gasteiger partial charge in [-0.2, -0.15) is 0 Å². The number of amides is 1. The van der Waals surface area contributed by atoms with Crippen LogP contribution in [0.15, 0.2) is 18.3 Å². The molecule has 0 aliphatic heterocycles. The quantitative estimate of drug-likeness (QED) is 0.770. The van der Waals surface area contributed by atoms with Gasteiger partial charge in [0.25, 0.3) is 5.91 Å². The first kappa shape index (κ1) is 13.4.